The van der Waals surface area contributed by atoms with Gasteiger partial charge in [0, 0.05) is 31.0 Å². The third-order valence-electron chi connectivity index (χ3n) is 6.87. The number of rotatable bonds is 8. The van der Waals surface area contributed by atoms with E-state index in [0.29, 0.717) is 29.2 Å². The van der Waals surface area contributed by atoms with E-state index < -0.39 is 6.03 Å². The van der Waals surface area contributed by atoms with Crippen LogP contribution in [0.15, 0.2) is 97.1 Å². The Balaban J connectivity index is 1.35. The molecular weight excluding hydrogens is 488 g/mol. The van der Waals surface area contributed by atoms with Gasteiger partial charge in [-0.15, -0.1) is 0 Å². The zero-order valence-electron chi connectivity index (χ0n) is 21.9. The van der Waals surface area contributed by atoms with Crippen molar-refractivity contribution in [3.8, 4) is 5.75 Å². The molecular formula is C32H32N4O3. The summed E-state index contributed by atoms with van der Waals surface area (Å²) >= 11 is 0. The van der Waals surface area contributed by atoms with E-state index in [0.717, 1.165) is 37.2 Å². The summed E-state index contributed by atoms with van der Waals surface area (Å²) in [6, 6.07) is 30.8. The van der Waals surface area contributed by atoms with E-state index in [1.807, 2.05) is 60.7 Å². The quantitative estimate of drug-likeness (QED) is 0.271. The van der Waals surface area contributed by atoms with Crippen molar-refractivity contribution in [3.05, 3.63) is 119 Å². The Morgan fingerprint density at radius 1 is 0.846 bits per heavy atom. The third kappa shape index (κ3) is 6.38. The summed E-state index contributed by atoms with van der Waals surface area (Å²) in [7, 11) is 1.55. The fourth-order valence-electron chi connectivity index (χ4n) is 4.87. The zero-order chi connectivity index (χ0) is 27.0. The van der Waals surface area contributed by atoms with Gasteiger partial charge in [0.25, 0.3) is 5.91 Å². The van der Waals surface area contributed by atoms with Gasteiger partial charge in [0.05, 0.1) is 18.4 Å². The predicted octanol–water partition coefficient (Wildman–Crippen LogP) is 5.87. The topological polar surface area (TPSA) is 82.7 Å². The number of fused-ring (bicyclic) bond motifs is 1. The number of urea groups is 1. The van der Waals surface area contributed by atoms with Gasteiger partial charge < -0.3 is 25.6 Å². The number of anilines is 3. The molecule has 4 aromatic carbocycles. The molecule has 0 unspecified atom stereocenters. The van der Waals surface area contributed by atoms with Gasteiger partial charge >= 0.3 is 6.03 Å². The van der Waals surface area contributed by atoms with E-state index in [4.69, 9.17) is 4.74 Å². The van der Waals surface area contributed by atoms with Crippen LogP contribution in [-0.4, -0.2) is 32.1 Å². The molecule has 3 amide bonds. The highest BCUT2D eigenvalue weighted by Gasteiger charge is 2.22. The molecule has 0 bridgehead atoms. The van der Waals surface area contributed by atoms with Crippen LogP contribution in [0.25, 0.3) is 0 Å². The molecule has 5 rings (SSSR count). The number of para-hydroxylation sites is 2. The second-order valence-corrected chi connectivity index (χ2v) is 9.44. The molecule has 4 aromatic rings. The van der Waals surface area contributed by atoms with Crippen LogP contribution in [0.4, 0.5) is 21.9 Å². The van der Waals surface area contributed by atoms with Gasteiger partial charge in [-0.2, -0.15) is 0 Å². The Morgan fingerprint density at radius 2 is 1.59 bits per heavy atom. The zero-order valence-corrected chi connectivity index (χ0v) is 21.9. The lowest BCUT2D eigenvalue weighted by Crippen LogP contribution is -2.33. The summed E-state index contributed by atoms with van der Waals surface area (Å²) in [5.74, 6) is 0.389. The minimum atomic E-state index is -0.422. The molecule has 0 fully saturated rings. The van der Waals surface area contributed by atoms with Gasteiger partial charge in [-0.3, -0.25) is 4.79 Å². The van der Waals surface area contributed by atoms with E-state index in [2.05, 4.69) is 39.0 Å². The van der Waals surface area contributed by atoms with E-state index in [-0.39, 0.29) is 5.91 Å². The maximum absolute atomic E-state index is 13.5. The number of amides is 3. The maximum atomic E-state index is 13.5. The SMILES string of the molecule is COc1ccccc1NC(=O)Nc1ccc(N2CCc3ccccc3C2)c(C(=O)NCCc2ccccc2)c1. The molecule has 39 heavy (non-hydrogen) atoms. The summed E-state index contributed by atoms with van der Waals surface area (Å²) in [6.45, 7) is 2.04. The number of methoxy groups -OCH3 is 1. The average Bonchev–Trinajstić information content (AvgIpc) is 2.97. The first-order valence-electron chi connectivity index (χ1n) is 13.1. The number of ether oxygens (including phenoxy) is 1. The van der Waals surface area contributed by atoms with Crippen LogP contribution in [0.1, 0.15) is 27.0 Å². The highest BCUT2D eigenvalue weighted by molar-refractivity contribution is 6.04. The number of benzene rings is 4. The molecule has 1 aliphatic rings. The fourth-order valence-corrected chi connectivity index (χ4v) is 4.87. The Kier molecular flexibility index (Phi) is 8.07. The number of nitrogens with zero attached hydrogens (tertiary/aromatic N) is 1. The maximum Gasteiger partial charge on any atom is 0.323 e. The first kappa shape index (κ1) is 25.9. The summed E-state index contributed by atoms with van der Waals surface area (Å²) < 4.78 is 5.32. The normalized spacial score (nSPS) is 12.3. The lowest BCUT2D eigenvalue weighted by atomic mass is 9.98. The summed E-state index contributed by atoms with van der Waals surface area (Å²) in [5.41, 5.74) is 6.22. The Morgan fingerprint density at radius 3 is 2.41 bits per heavy atom. The van der Waals surface area contributed by atoms with Crippen LogP contribution in [0.5, 0.6) is 5.75 Å². The molecule has 7 nitrogen and oxygen atoms in total. The van der Waals surface area contributed by atoms with Gasteiger partial charge in [-0.25, -0.2) is 4.79 Å². The molecule has 1 heterocycles. The minimum Gasteiger partial charge on any atom is -0.495 e. The number of carbonyl (C=O) groups is 2. The fraction of sp³-hybridized carbons (Fsp3) is 0.188. The van der Waals surface area contributed by atoms with Crippen LogP contribution < -0.4 is 25.6 Å². The highest BCUT2D eigenvalue weighted by atomic mass is 16.5. The number of nitrogens with one attached hydrogen (secondary N) is 3. The van der Waals surface area contributed by atoms with E-state index in [1.165, 1.54) is 11.1 Å². The van der Waals surface area contributed by atoms with Crippen LogP contribution in [0.3, 0.4) is 0 Å². The van der Waals surface area contributed by atoms with Crippen LogP contribution in [-0.2, 0) is 19.4 Å². The smallest absolute Gasteiger partial charge is 0.323 e. The largest absolute Gasteiger partial charge is 0.495 e. The van der Waals surface area contributed by atoms with Crippen molar-refractivity contribution in [2.45, 2.75) is 19.4 Å². The molecule has 1 aliphatic heterocycles. The van der Waals surface area contributed by atoms with Crippen molar-refractivity contribution in [1.29, 1.82) is 0 Å². The molecule has 3 N–H and O–H groups in total. The van der Waals surface area contributed by atoms with Crippen molar-refractivity contribution in [3.63, 3.8) is 0 Å². The van der Waals surface area contributed by atoms with Crippen LogP contribution in [0, 0.1) is 0 Å². The minimum absolute atomic E-state index is 0.173. The van der Waals surface area contributed by atoms with Gasteiger partial charge in [0.1, 0.15) is 5.75 Å². The lowest BCUT2D eigenvalue weighted by Gasteiger charge is -2.32. The molecule has 0 saturated heterocycles. The summed E-state index contributed by atoms with van der Waals surface area (Å²) in [4.78, 5) is 28.5. The van der Waals surface area contributed by atoms with Crippen molar-refractivity contribution in [2.24, 2.45) is 0 Å². The number of carbonyl (C=O) groups excluding carboxylic acids is 2. The van der Waals surface area contributed by atoms with Gasteiger partial charge in [-0.1, -0.05) is 66.7 Å². The standard InChI is InChI=1S/C32H32N4O3/c1-39-30-14-8-7-13-28(30)35-32(38)34-26-15-16-29(36-20-18-24-11-5-6-12-25(24)22-36)27(21-26)31(37)33-19-17-23-9-3-2-4-10-23/h2-16,21H,17-20,22H2,1H3,(H,33,37)(H2,34,35,38). The molecule has 0 aromatic heterocycles. The second-order valence-electron chi connectivity index (χ2n) is 9.44. The van der Waals surface area contributed by atoms with Gasteiger partial charge in [0.2, 0.25) is 0 Å². The summed E-state index contributed by atoms with van der Waals surface area (Å²) in [6.07, 6.45) is 1.64. The van der Waals surface area contributed by atoms with Crippen LogP contribution in [0.2, 0.25) is 0 Å². The molecule has 0 radical (unpaired) electrons. The number of hydrogen-bond acceptors (Lipinski definition) is 4. The van der Waals surface area contributed by atoms with Crippen LogP contribution >= 0.6 is 0 Å². The molecule has 198 valence electrons. The van der Waals surface area contributed by atoms with Crippen molar-refractivity contribution in [1.82, 2.24) is 5.32 Å². The predicted molar refractivity (Wildman–Crippen MR) is 156 cm³/mol. The Labute approximate surface area is 228 Å². The molecule has 0 aliphatic carbocycles. The van der Waals surface area contributed by atoms with Crippen molar-refractivity contribution < 1.29 is 14.3 Å². The Bertz CT molecular complexity index is 1460. The highest BCUT2D eigenvalue weighted by Crippen LogP contribution is 2.30. The average molecular weight is 521 g/mol. The van der Waals surface area contributed by atoms with E-state index in [1.54, 1.807) is 25.3 Å². The van der Waals surface area contributed by atoms with Crippen molar-refractivity contribution in [2.75, 3.05) is 35.7 Å². The van der Waals surface area contributed by atoms with E-state index in [9.17, 15) is 9.59 Å². The monoisotopic (exact) mass is 520 g/mol. The molecule has 7 heteroatoms. The third-order valence-corrected chi connectivity index (χ3v) is 6.87. The summed E-state index contributed by atoms with van der Waals surface area (Å²) in [5, 5.41) is 8.75. The second kappa shape index (κ2) is 12.2. The molecule has 0 saturated carbocycles. The Hall–Kier alpha value is -4.78. The lowest BCUT2D eigenvalue weighted by molar-refractivity contribution is 0.0954. The van der Waals surface area contributed by atoms with Gasteiger partial charge in [0.15, 0.2) is 0 Å². The molecule has 0 spiro atoms. The van der Waals surface area contributed by atoms with Crippen molar-refractivity contribution >= 4 is 29.0 Å². The first-order chi connectivity index (χ1) is 19.1. The van der Waals surface area contributed by atoms with E-state index >= 15 is 0 Å². The first-order valence-corrected chi connectivity index (χ1v) is 13.1. The molecule has 0 atom stereocenters. The van der Waals surface area contributed by atoms with Gasteiger partial charge in [-0.05, 0) is 59.9 Å². The number of hydrogen-bond donors (Lipinski definition) is 3.